The molecule has 0 fully saturated rings. The van der Waals surface area contributed by atoms with Crippen molar-refractivity contribution < 1.29 is 9.53 Å². The molecule has 0 atom stereocenters. The van der Waals surface area contributed by atoms with Crippen molar-refractivity contribution in [3.63, 3.8) is 0 Å². The van der Waals surface area contributed by atoms with E-state index >= 15 is 0 Å². The van der Waals surface area contributed by atoms with Gasteiger partial charge in [-0.1, -0.05) is 35.9 Å². The van der Waals surface area contributed by atoms with Crippen LogP contribution in [0.15, 0.2) is 72.8 Å². The van der Waals surface area contributed by atoms with Gasteiger partial charge in [0.2, 0.25) is 0 Å². The van der Waals surface area contributed by atoms with E-state index in [0.29, 0.717) is 10.8 Å². The number of ether oxygens (including phenoxy) is 1. The molecule has 0 aliphatic carbocycles. The smallest absolute Gasteiger partial charge is 0.262 e. The number of carbonyl (C=O) groups is 1. The third kappa shape index (κ3) is 4.68. The highest BCUT2D eigenvalue weighted by Crippen LogP contribution is 2.24. The number of fused-ring (bicyclic) bond motifs is 1. The number of hydrogen-bond acceptors (Lipinski definition) is 4. The van der Waals surface area contributed by atoms with Gasteiger partial charge in [-0.25, -0.2) is 4.98 Å². The van der Waals surface area contributed by atoms with E-state index in [1.54, 1.807) is 35.6 Å². The second-order valence-corrected chi connectivity index (χ2v) is 7.79. The Balaban J connectivity index is 1.32. The van der Waals surface area contributed by atoms with Crippen LogP contribution in [0.3, 0.4) is 0 Å². The Morgan fingerprint density at radius 3 is 2.50 bits per heavy atom. The molecule has 4 nitrogen and oxygen atoms in total. The summed E-state index contributed by atoms with van der Waals surface area (Å²) in [5.74, 6) is 0.389. The molecule has 0 unspecified atom stereocenters. The van der Waals surface area contributed by atoms with E-state index in [1.165, 1.54) is 4.70 Å². The molecular formula is C22H17ClN2O2S. The van der Waals surface area contributed by atoms with Crippen molar-refractivity contribution in [1.29, 1.82) is 0 Å². The number of benzene rings is 3. The number of rotatable bonds is 6. The Morgan fingerprint density at radius 1 is 1.00 bits per heavy atom. The number of nitrogens with zero attached hydrogens (tertiary/aromatic N) is 1. The van der Waals surface area contributed by atoms with E-state index in [4.69, 9.17) is 16.3 Å². The molecule has 0 radical (unpaired) electrons. The van der Waals surface area contributed by atoms with E-state index in [9.17, 15) is 4.79 Å². The molecule has 1 heterocycles. The minimum atomic E-state index is -0.214. The lowest BCUT2D eigenvalue weighted by Crippen LogP contribution is -2.20. The molecule has 4 aromatic rings. The number of halogens is 1. The van der Waals surface area contributed by atoms with Gasteiger partial charge < -0.3 is 10.1 Å². The Kier molecular flexibility index (Phi) is 5.55. The van der Waals surface area contributed by atoms with Gasteiger partial charge in [0.15, 0.2) is 6.61 Å². The monoisotopic (exact) mass is 408 g/mol. The standard InChI is InChI=1S/C22H17ClN2O2S/c23-16-7-11-18(12-8-16)27-14-21(26)24-17-9-5-15(6-10-17)13-22-25-19-3-1-2-4-20(19)28-22/h1-12H,13-14H2,(H,24,26). The van der Waals surface area contributed by atoms with E-state index in [0.717, 1.165) is 28.2 Å². The van der Waals surface area contributed by atoms with Crippen molar-refractivity contribution in [3.8, 4) is 5.75 Å². The molecule has 140 valence electrons. The molecule has 1 aromatic heterocycles. The first kappa shape index (κ1) is 18.5. The first-order valence-corrected chi connectivity index (χ1v) is 9.97. The highest BCUT2D eigenvalue weighted by molar-refractivity contribution is 7.18. The number of amides is 1. The van der Waals surface area contributed by atoms with Crippen LogP contribution in [0, 0.1) is 0 Å². The highest BCUT2D eigenvalue weighted by atomic mass is 35.5. The van der Waals surface area contributed by atoms with Gasteiger partial charge in [-0.15, -0.1) is 11.3 Å². The van der Waals surface area contributed by atoms with Crippen molar-refractivity contribution in [1.82, 2.24) is 4.98 Å². The number of para-hydroxylation sites is 1. The van der Waals surface area contributed by atoms with Crippen LogP contribution in [0.4, 0.5) is 5.69 Å². The molecule has 28 heavy (non-hydrogen) atoms. The second kappa shape index (κ2) is 8.42. The maximum Gasteiger partial charge on any atom is 0.262 e. The highest BCUT2D eigenvalue weighted by Gasteiger charge is 2.06. The molecule has 0 spiro atoms. The van der Waals surface area contributed by atoms with Crippen LogP contribution in [0.25, 0.3) is 10.2 Å². The molecule has 6 heteroatoms. The molecule has 4 rings (SSSR count). The third-order valence-electron chi connectivity index (χ3n) is 4.11. The zero-order valence-electron chi connectivity index (χ0n) is 14.9. The summed E-state index contributed by atoms with van der Waals surface area (Å²) in [4.78, 5) is 16.7. The van der Waals surface area contributed by atoms with Gasteiger partial charge in [0.1, 0.15) is 5.75 Å². The third-order valence-corrected chi connectivity index (χ3v) is 5.40. The summed E-state index contributed by atoms with van der Waals surface area (Å²) in [5, 5.41) is 4.54. The summed E-state index contributed by atoms with van der Waals surface area (Å²) in [6, 6.07) is 22.8. The quantitative estimate of drug-likeness (QED) is 0.454. The maximum absolute atomic E-state index is 12.1. The number of hydrogen-bond donors (Lipinski definition) is 1. The summed E-state index contributed by atoms with van der Waals surface area (Å²) >= 11 is 7.53. The fraction of sp³-hybridized carbons (Fsp3) is 0.0909. The van der Waals surface area contributed by atoms with Crippen molar-refractivity contribution in [3.05, 3.63) is 88.4 Å². The number of carbonyl (C=O) groups excluding carboxylic acids is 1. The van der Waals surface area contributed by atoms with E-state index < -0.39 is 0 Å². The summed E-state index contributed by atoms with van der Waals surface area (Å²) in [5.41, 5.74) is 2.92. The Hall–Kier alpha value is -2.89. The predicted octanol–water partition coefficient (Wildman–Crippen LogP) is 5.56. The lowest BCUT2D eigenvalue weighted by molar-refractivity contribution is -0.118. The van der Waals surface area contributed by atoms with Crippen LogP contribution in [-0.2, 0) is 11.2 Å². The van der Waals surface area contributed by atoms with Crippen molar-refractivity contribution in [2.75, 3.05) is 11.9 Å². The normalized spacial score (nSPS) is 10.8. The van der Waals surface area contributed by atoms with E-state index in [2.05, 4.69) is 16.4 Å². The second-order valence-electron chi connectivity index (χ2n) is 6.24. The number of nitrogens with one attached hydrogen (secondary N) is 1. The summed E-state index contributed by atoms with van der Waals surface area (Å²) in [6.07, 6.45) is 0.771. The molecule has 0 bridgehead atoms. The van der Waals surface area contributed by atoms with Gasteiger partial charge in [0.05, 0.1) is 15.2 Å². The minimum Gasteiger partial charge on any atom is -0.484 e. The van der Waals surface area contributed by atoms with Crippen LogP contribution in [0.1, 0.15) is 10.6 Å². The fourth-order valence-electron chi connectivity index (χ4n) is 2.75. The van der Waals surface area contributed by atoms with Crippen LogP contribution in [0.5, 0.6) is 5.75 Å². The Morgan fingerprint density at radius 2 is 1.75 bits per heavy atom. The van der Waals surface area contributed by atoms with E-state index in [-0.39, 0.29) is 12.5 Å². The largest absolute Gasteiger partial charge is 0.484 e. The maximum atomic E-state index is 12.1. The summed E-state index contributed by atoms with van der Waals surface area (Å²) in [6.45, 7) is -0.0604. The number of thiazole rings is 1. The SMILES string of the molecule is O=C(COc1ccc(Cl)cc1)Nc1ccc(Cc2nc3ccccc3s2)cc1. The molecule has 0 saturated carbocycles. The number of anilines is 1. The molecule has 1 N–H and O–H groups in total. The van der Waals surface area contributed by atoms with Gasteiger partial charge >= 0.3 is 0 Å². The summed E-state index contributed by atoms with van der Waals surface area (Å²) < 4.78 is 6.65. The van der Waals surface area contributed by atoms with Gasteiger partial charge in [-0.2, -0.15) is 0 Å². The van der Waals surface area contributed by atoms with Crippen LogP contribution in [0.2, 0.25) is 5.02 Å². The predicted molar refractivity (Wildman–Crippen MR) is 114 cm³/mol. The van der Waals surface area contributed by atoms with Gasteiger partial charge in [-0.3, -0.25) is 4.79 Å². The Bertz CT molecular complexity index is 1060. The zero-order valence-corrected chi connectivity index (χ0v) is 16.5. The van der Waals surface area contributed by atoms with Crippen molar-refractivity contribution in [2.45, 2.75) is 6.42 Å². The molecular weight excluding hydrogens is 392 g/mol. The molecule has 1 amide bonds. The average Bonchev–Trinajstić information content (AvgIpc) is 3.11. The van der Waals surface area contributed by atoms with Crippen molar-refractivity contribution in [2.24, 2.45) is 0 Å². The molecule has 0 aliphatic heterocycles. The molecule has 0 aliphatic rings. The lowest BCUT2D eigenvalue weighted by atomic mass is 10.1. The zero-order chi connectivity index (χ0) is 19.3. The molecule has 0 saturated heterocycles. The van der Waals surface area contributed by atoms with Crippen LogP contribution < -0.4 is 10.1 Å². The molecule has 3 aromatic carbocycles. The van der Waals surface area contributed by atoms with Gasteiger partial charge in [-0.05, 0) is 54.1 Å². The summed E-state index contributed by atoms with van der Waals surface area (Å²) in [7, 11) is 0. The lowest BCUT2D eigenvalue weighted by Gasteiger charge is -2.08. The first-order chi connectivity index (χ1) is 13.7. The Labute approximate surface area is 171 Å². The fourth-order valence-corrected chi connectivity index (χ4v) is 3.88. The number of aromatic nitrogens is 1. The average molecular weight is 409 g/mol. The van der Waals surface area contributed by atoms with Crippen LogP contribution >= 0.6 is 22.9 Å². The van der Waals surface area contributed by atoms with Crippen molar-refractivity contribution >= 4 is 44.7 Å². The first-order valence-electron chi connectivity index (χ1n) is 8.77. The topological polar surface area (TPSA) is 51.2 Å². The minimum absolute atomic E-state index is 0.0604. The van der Waals surface area contributed by atoms with Gasteiger partial charge in [0, 0.05) is 17.1 Å². The van der Waals surface area contributed by atoms with Gasteiger partial charge in [0.25, 0.3) is 5.91 Å². The van der Waals surface area contributed by atoms with Crippen LogP contribution in [-0.4, -0.2) is 17.5 Å². The van der Waals surface area contributed by atoms with E-state index in [1.807, 2.05) is 42.5 Å².